The van der Waals surface area contributed by atoms with Gasteiger partial charge in [0.1, 0.15) is 5.82 Å². The van der Waals surface area contributed by atoms with E-state index < -0.39 is 10.4 Å². The van der Waals surface area contributed by atoms with E-state index in [0.717, 1.165) is 24.6 Å². The normalized spacial score (nSPS) is 15.8. The molecule has 0 aliphatic carbocycles. The first kappa shape index (κ1) is 14.8. The van der Waals surface area contributed by atoms with Gasteiger partial charge in [0.25, 0.3) is 0 Å². The lowest BCUT2D eigenvalue weighted by Crippen LogP contribution is -2.30. The maximum atomic E-state index is 8.52. The number of hydrogen-bond donors (Lipinski definition) is 0. The van der Waals surface area contributed by atoms with Crippen LogP contribution >= 0.6 is 0 Å². The fraction of sp³-hybridized carbons (Fsp3) is 0.600. The van der Waals surface area contributed by atoms with Crippen molar-refractivity contribution in [3.8, 4) is 0 Å². The Kier molecular flexibility index (Phi) is 5.45. The van der Waals surface area contributed by atoms with Crippen LogP contribution in [0, 0.1) is 6.92 Å². The predicted octanol–water partition coefficient (Wildman–Crippen LogP) is 0.437. The molecular weight excluding hydrogens is 258 g/mol. The Morgan fingerprint density at radius 1 is 1.11 bits per heavy atom. The topological polar surface area (TPSA) is 109 Å². The highest BCUT2D eigenvalue weighted by Gasteiger charge is 2.13. The van der Waals surface area contributed by atoms with Gasteiger partial charge in [0.05, 0.1) is 5.69 Å². The molecule has 0 radical (unpaired) electrons. The van der Waals surface area contributed by atoms with Crippen LogP contribution in [-0.2, 0) is 10.4 Å². The Hall–Kier alpha value is -1.25. The van der Waals surface area contributed by atoms with E-state index in [0.29, 0.717) is 0 Å². The first-order valence-electron chi connectivity index (χ1n) is 5.57. The average Bonchev–Trinajstić information content (AvgIpc) is 2.29. The van der Waals surface area contributed by atoms with Crippen LogP contribution < -0.4 is 4.90 Å². The summed E-state index contributed by atoms with van der Waals surface area (Å²) in [5.41, 5.74) is 1.05. The molecule has 1 aliphatic rings. The Balaban J connectivity index is 0.000000280. The predicted molar refractivity (Wildman–Crippen MR) is 63.3 cm³/mol. The van der Waals surface area contributed by atoms with E-state index in [4.69, 9.17) is 17.5 Å². The zero-order valence-electron chi connectivity index (χ0n) is 10.1. The minimum absolute atomic E-state index is 1.05. The minimum Gasteiger partial charge on any atom is -0.759 e. The van der Waals surface area contributed by atoms with Gasteiger partial charge < -0.3 is 14.0 Å². The molecule has 0 bridgehead atoms. The molecule has 8 heteroatoms. The molecule has 2 heterocycles. The van der Waals surface area contributed by atoms with Gasteiger partial charge in [-0.25, -0.2) is 4.98 Å². The number of nitrogens with zero attached hydrogens (tertiary/aromatic N) is 3. The summed E-state index contributed by atoms with van der Waals surface area (Å²) < 4.78 is 34.1. The van der Waals surface area contributed by atoms with E-state index in [-0.39, 0.29) is 0 Å². The summed E-state index contributed by atoms with van der Waals surface area (Å²) in [5, 5.41) is 0. The second-order valence-corrected chi connectivity index (χ2v) is 4.74. The highest BCUT2D eigenvalue weighted by atomic mass is 32.3. The third kappa shape index (κ3) is 5.89. The molecule has 1 aromatic heterocycles. The number of aryl methyl sites for hydroxylation is 1. The summed E-state index contributed by atoms with van der Waals surface area (Å²) in [7, 11) is -5.17. The molecule has 0 amide bonds. The molecule has 0 N–H and O–H groups in total. The molecule has 0 saturated carbocycles. The fourth-order valence-electron chi connectivity index (χ4n) is 1.82. The lowest BCUT2D eigenvalue weighted by molar-refractivity contribution is 0.352. The first-order valence-corrected chi connectivity index (χ1v) is 6.90. The van der Waals surface area contributed by atoms with Crippen molar-refractivity contribution in [2.45, 2.75) is 26.2 Å². The van der Waals surface area contributed by atoms with Gasteiger partial charge in [-0.1, -0.05) is 0 Å². The zero-order chi connectivity index (χ0) is 13.6. The summed E-state index contributed by atoms with van der Waals surface area (Å²) in [4.78, 5) is 11.0. The van der Waals surface area contributed by atoms with E-state index in [1.807, 2.05) is 6.92 Å². The summed E-state index contributed by atoms with van der Waals surface area (Å²) in [5.74, 6) is 1.07. The van der Waals surface area contributed by atoms with Crippen LogP contribution in [0.3, 0.4) is 0 Å². The van der Waals surface area contributed by atoms with Crippen molar-refractivity contribution in [3.05, 3.63) is 18.1 Å². The van der Waals surface area contributed by atoms with E-state index >= 15 is 0 Å². The highest BCUT2D eigenvalue weighted by Crippen LogP contribution is 2.18. The molecule has 1 saturated heterocycles. The zero-order valence-corrected chi connectivity index (χ0v) is 10.9. The van der Waals surface area contributed by atoms with Crippen molar-refractivity contribution >= 4 is 16.2 Å². The maximum absolute atomic E-state index is 8.52. The standard InChI is InChI=1S/C10H15N3.H2O4S/c1-9-10(12-6-5-11-9)13-7-3-2-4-8-13;1-5(2,3)4/h5-6H,2-4,7-8H2,1H3;(H2,1,2,3,4)/p-2. The van der Waals surface area contributed by atoms with Crippen LogP contribution in [0.25, 0.3) is 0 Å². The van der Waals surface area contributed by atoms with Gasteiger partial charge in [-0.2, -0.15) is 0 Å². The van der Waals surface area contributed by atoms with Gasteiger partial charge in [0.15, 0.2) is 0 Å². The molecule has 0 atom stereocenters. The maximum Gasteiger partial charge on any atom is 0.150 e. The van der Waals surface area contributed by atoms with E-state index in [1.165, 1.54) is 19.3 Å². The number of hydrogen-bond acceptors (Lipinski definition) is 7. The molecule has 7 nitrogen and oxygen atoms in total. The molecule has 18 heavy (non-hydrogen) atoms. The quantitative estimate of drug-likeness (QED) is 0.539. The lowest BCUT2D eigenvalue weighted by atomic mass is 10.1. The lowest BCUT2D eigenvalue weighted by Gasteiger charge is -2.28. The second-order valence-electron chi connectivity index (χ2n) is 3.92. The van der Waals surface area contributed by atoms with Gasteiger partial charge in [0.2, 0.25) is 0 Å². The second kappa shape index (κ2) is 6.62. The average molecular weight is 273 g/mol. The SMILES string of the molecule is Cc1nccnc1N1CCCCC1.O=S(=O)([O-])[O-]. The third-order valence-corrected chi connectivity index (χ3v) is 2.51. The van der Waals surface area contributed by atoms with Crippen LogP contribution in [0.1, 0.15) is 25.0 Å². The number of piperidine rings is 1. The Bertz CT molecular complexity index is 464. The molecule has 102 valence electrons. The third-order valence-electron chi connectivity index (χ3n) is 2.51. The van der Waals surface area contributed by atoms with Crippen LogP contribution in [0.4, 0.5) is 5.82 Å². The smallest absolute Gasteiger partial charge is 0.150 e. The largest absolute Gasteiger partial charge is 0.759 e. The van der Waals surface area contributed by atoms with Gasteiger partial charge in [-0.3, -0.25) is 13.4 Å². The van der Waals surface area contributed by atoms with Crippen LogP contribution in [-0.4, -0.2) is 40.6 Å². The first-order chi connectivity index (χ1) is 8.38. The Labute approximate surface area is 106 Å². The van der Waals surface area contributed by atoms with E-state index in [9.17, 15) is 0 Å². The van der Waals surface area contributed by atoms with Gasteiger partial charge in [0, 0.05) is 35.9 Å². The van der Waals surface area contributed by atoms with Crippen molar-refractivity contribution in [1.82, 2.24) is 9.97 Å². The monoisotopic (exact) mass is 273 g/mol. The number of rotatable bonds is 1. The number of anilines is 1. The summed E-state index contributed by atoms with van der Waals surface area (Å²) in [6.07, 6.45) is 7.46. The summed E-state index contributed by atoms with van der Waals surface area (Å²) in [6, 6.07) is 0. The summed E-state index contributed by atoms with van der Waals surface area (Å²) in [6.45, 7) is 4.30. The summed E-state index contributed by atoms with van der Waals surface area (Å²) >= 11 is 0. The molecule has 1 aliphatic heterocycles. The van der Waals surface area contributed by atoms with Crippen molar-refractivity contribution in [1.29, 1.82) is 0 Å². The molecule has 1 aromatic rings. The molecule has 0 unspecified atom stereocenters. The Morgan fingerprint density at radius 2 is 1.61 bits per heavy atom. The molecule has 0 spiro atoms. The van der Waals surface area contributed by atoms with Crippen molar-refractivity contribution in [3.63, 3.8) is 0 Å². The molecular formula is C10H15N3O4S-2. The van der Waals surface area contributed by atoms with Gasteiger partial charge in [-0.05, 0) is 26.2 Å². The minimum atomic E-state index is -5.17. The van der Waals surface area contributed by atoms with Crippen molar-refractivity contribution in [2.24, 2.45) is 0 Å². The van der Waals surface area contributed by atoms with E-state index in [2.05, 4.69) is 14.9 Å². The van der Waals surface area contributed by atoms with Gasteiger partial charge in [-0.15, -0.1) is 0 Å². The van der Waals surface area contributed by atoms with E-state index in [1.54, 1.807) is 12.4 Å². The van der Waals surface area contributed by atoms with Crippen molar-refractivity contribution < 1.29 is 17.5 Å². The van der Waals surface area contributed by atoms with Crippen LogP contribution in [0.15, 0.2) is 12.4 Å². The van der Waals surface area contributed by atoms with Crippen LogP contribution in [0.2, 0.25) is 0 Å². The number of aromatic nitrogens is 2. The fourth-order valence-corrected chi connectivity index (χ4v) is 1.82. The van der Waals surface area contributed by atoms with Crippen molar-refractivity contribution in [2.75, 3.05) is 18.0 Å². The van der Waals surface area contributed by atoms with Gasteiger partial charge >= 0.3 is 0 Å². The highest BCUT2D eigenvalue weighted by molar-refractivity contribution is 7.79. The molecule has 0 aromatic carbocycles. The van der Waals surface area contributed by atoms with Crippen LogP contribution in [0.5, 0.6) is 0 Å². The molecule has 1 fully saturated rings. The molecule has 2 rings (SSSR count). The Morgan fingerprint density at radius 3 is 2.11 bits per heavy atom.